The van der Waals surface area contributed by atoms with E-state index >= 15 is 0 Å². The molecule has 1 amide bonds. The molecular weight excluding hydrogens is 370 g/mol. The van der Waals surface area contributed by atoms with Gasteiger partial charge in [-0.25, -0.2) is 0 Å². The fraction of sp³-hybridized carbons (Fsp3) is 0.423. The topological polar surface area (TPSA) is 26.8 Å². The zero-order valence-corrected chi connectivity index (χ0v) is 18.2. The number of benzene rings is 2. The fourth-order valence-electron chi connectivity index (χ4n) is 4.88. The molecule has 2 aromatic carbocycles. The number of carbonyl (C=O) groups excluding carboxylic acids is 1. The number of fused-ring (bicyclic) bond motifs is 1. The Labute approximate surface area is 180 Å². The highest BCUT2D eigenvalue weighted by molar-refractivity contribution is 5.95. The number of likely N-dealkylation sites (tertiary alicyclic amines) is 2. The van der Waals surface area contributed by atoms with Crippen molar-refractivity contribution in [1.29, 1.82) is 0 Å². The first-order chi connectivity index (χ1) is 14.6. The number of rotatable bonds is 5. The highest BCUT2D eigenvalue weighted by Gasteiger charge is 2.38. The van der Waals surface area contributed by atoms with Gasteiger partial charge in [-0.3, -0.25) is 9.69 Å². The Morgan fingerprint density at radius 2 is 1.90 bits per heavy atom. The SMILES string of the molecule is CN(C)c1cccc(C(=O)N2CCC[C@@H]3CN(C/C=C/c4ccccc4)CC[C@H]32)c1. The van der Waals surface area contributed by atoms with Crippen molar-refractivity contribution in [3.05, 3.63) is 71.8 Å². The van der Waals surface area contributed by atoms with Crippen molar-refractivity contribution in [2.75, 3.05) is 45.2 Å². The molecule has 0 aromatic heterocycles. The number of hydrogen-bond acceptors (Lipinski definition) is 3. The van der Waals surface area contributed by atoms with E-state index in [2.05, 4.69) is 63.2 Å². The van der Waals surface area contributed by atoms with Gasteiger partial charge < -0.3 is 9.80 Å². The number of amides is 1. The van der Waals surface area contributed by atoms with Crippen LogP contribution in [0.5, 0.6) is 0 Å². The van der Waals surface area contributed by atoms with Crippen molar-refractivity contribution in [1.82, 2.24) is 9.80 Å². The molecule has 0 N–H and O–H groups in total. The number of nitrogens with zero attached hydrogens (tertiary/aromatic N) is 3. The van der Waals surface area contributed by atoms with Gasteiger partial charge in [0.05, 0.1) is 0 Å². The molecule has 0 bridgehead atoms. The molecular formula is C26H33N3O. The van der Waals surface area contributed by atoms with Gasteiger partial charge in [-0.15, -0.1) is 0 Å². The number of hydrogen-bond donors (Lipinski definition) is 0. The van der Waals surface area contributed by atoms with Crippen molar-refractivity contribution >= 4 is 17.7 Å². The van der Waals surface area contributed by atoms with Crippen molar-refractivity contribution in [3.8, 4) is 0 Å². The zero-order chi connectivity index (χ0) is 20.9. The lowest BCUT2D eigenvalue weighted by atomic mass is 9.83. The minimum Gasteiger partial charge on any atom is -0.378 e. The van der Waals surface area contributed by atoms with E-state index in [4.69, 9.17) is 0 Å². The average Bonchev–Trinajstić information content (AvgIpc) is 2.79. The quantitative estimate of drug-likeness (QED) is 0.741. The van der Waals surface area contributed by atoms with E-state index in [1.165, 1.54) is 12.0 Å². The van der Waals surface area contributed by atoms with Crippen LogP contribution in [0.3, 0.4) is 0 Å². The lowest BCUT2D eigenvalue weighted by molar-refractivity contribution is 0.0226. The molecule has 2 fully saturated rings. The summed E-state index contributed by atoms with van der Waals surface area (Å²) in [7, 11) is 4.03. The second kappa shape index (κ2) is 9.48. The summed E-state index contributed by atoms with van der Waals surface area (Å²) in [6, 6.07) is 18.9. The van der Waals surface area contributed by atoms with Crippen LogP contribution >= 0.6 is 0 Å². The summed E-state index contributed by atoms with van der Waals surface area (Å²) in [4.78, 5) is 20.1. The molecule has 2 aromatic rings. The Balaban J connectivity index is 1.38. The summed E-state index contributed by atoms with van der Waals surface area (Å²) in [5.74, 6) is 0.782. The van der Waals surface area contributed by atoms with E-state index in [9.17, 15) is 4.79 Å². The Kier molecular flexibility index (Phi) is 6.53. The molecule has 0 spiro atoms. The van der Waals surface area contributed by atoms with Crippen LogP contribution in [0, 0.1) is 5.92 Å². The molecule has 4 rings (SSSR count). The predicted molar refractivity (Wildman–Crippen MR) is 125 cm³/mol. The van der Waals surface area contributed by atoms with Gasteiger partial charge in [0.1, 0.15) is 0 Å². The first-order valence-electron chi connectivity index (χ1n) is 11.1. The van der Waals surface area contributed by atoms with Crippen LogP contribution in [-0.2, 0) is 0 Å². The third-order valence-corrected chi connectivity index (χ3v) is 6.50. The zero-order valence-electron chi connectivity index (χ0n) is 18.2. The monoisotopic (exact) mass is 403 g/mol. The molecule has 0 radical (unpaired) electrons. The summed E-state index contributed by atoms with van der Waals surface area (Å²) in [5, 5.41) is 0. The highest BCUT2D eigenvalue weighted by atomic mass is 16.2. The maximum Gasteiger partial charge on any atom is 0.254 e. The van der Waals surface area contributed by atoms with Gasteiger partial charge in [0.25, 0.3) is 5.91 Å². The van der Waals surface area contributed by atoms with Gasteiger partial charge in [0.2, 0.25) is 0 Å². The van der Waals surface area contributed by atoms with Crippen molar-refractivity contribution in [2.45, 2.75) is 25.3 Å². The number of carbonyl (C=O) groups is 1. The second-order valence-corrected chi connectivity index (χ2v) is 8.77. The summed E-state index contributed by atoms with van der Waals surface area (Å²) in [5.41, 5.74) is 3.14. The van der Waals surface area contributed by atoms with E-state index in [0.717, 1.165) is 50.3 Å². The number of anilines is 1. The van der Waals surface area contributed by atoms with E-state index in [-0.39, 0.29) is 5.91 Å². The van der Waals surface area contributed by atoms with Crippen LogP contribution in [0.2, 0.25) is 0 Å². The normalized spacial score (nSPS) is 22.1. The molecule has 2 aliphatic heterocycles. The average molecular weight is 404 g/mol. The van der Waals surface area contributed by atoms with Crippen LogP contribution in [-0.4, -0.2) is 62.0 Å². The molecule has 0 unspecified atom stereocenters. The van der Waals surface area contributed by atoms with Crippen molar-refractivity contribution in [3.63, 3.8) is 0 Å². The van der Waals surface area contributed by atoms with Gasteiger partial charge in [0.15, 0.2) is 0 Å². The second-order valence-electron chi connectivity index (χ2n) is 8.77. The maximum atomic E-state index is 13.3. The van der Waals surface area contributed by atoms with Gasteiger partial charge in [0, 0.05) is 57.6 Å². The lowest BCUT2D eigenvalue weighted by Crippen LogP contribution is -2.55. The summed E-state index contributed by atoms with van der Waals surface area (Å²) >= 11 is 0. The first kappa shape index (κ1) is 20.7. The molecule has 4 nitrogen and oxygen atoms in total. The van der Waals surface area contributed by atoms with Crippen LogP contribution in [0.1, 0.15) is 35.2 Å². The third kappa shape index (κ3) is 4.76. The van der Waals surface area contributed by atoms with Gasteiger partial charge in [-0.05, 0) is 48.9 Å². The molecule has 0 aliphatic carbocycles. The summed E-state index contributed by atoms with van der Waals surface area (Å²) in [6.45, 7) is 4.02. The van der Waals surface area contributed by atoms with Crippen LogP contribution in [0.25, 0.3) is 6.08 Å². The predicted octanol–water partition coefficient (Wildman–Crippen LogP) is 4.39. The van der Waals surface area contributed by atoms with Crippen LogP contribution in [0.4, 0.5) is 5.69 Å². The Morgan fingerprint density at radius 3 is 2.70 bits per heavy atom. The summed E-state index contributed by atoms with van der Waals surface area (Å²) in [6.07, 6.45) is 7.89. The van der Waals surface area contributed by atoms with Crippen LogP contribution < -0.4 is 4.90 Å². The van der Waals surface area contributed by atoms with Crippen LogP contribution in [0.15, 0.2) is 60.7 Å². The van der Waals surface area contributed by atoms with Gasteiger partial charge in [-0.2, -0.15) is 0 Å². The third-order valence-electron chi connectivity index (χ3n) is 6.50. The van der Waals surface area contributed by atoms with E-state index in [1.54, 1.807) is 0 Å². The molecule has 4 heteroatoms. The first-order valence-corrected chi connectivity index (χ1v) is 11.1. The molecule has 30 heavy (non-hydrogen) atoms. The Hall–Kier alpha value is -2.59. The Bertz CT molecular complexity index is 877. The van der Waals surface area contributed by atoms with E-state index in [0.29, 0.717) is 12.0 Å². The van der Waals surface area contributed by atoms with E-state index in [1.807, 2.05) is 32.3 Å². The maximum absolute atomic E-state index is 13.3. The molecule has 2 saturated heterocycles. The van der Waals surface area contributed by atoms with Gasteiger partial charge >= 0.3 is 0 Å². The fourth-order valence-corrected chi connectivity index (χ4v) is 4.88. The Morgan fingerprint density at radius 1 is 1.07 bits per heavy atom. The molecule has 2 aliphatic rings. The minimum atomic E-state index is 0.200. The minimum absolute atomic E-state index is 0.200. The van der Waals surface area contributed by atoms with Crippen molar-refractivity contribution in [2.24, 2.45) is 5.92 Å². The summed E-state index contributed by atoms with van der Waals surface area (Å²) < 4.78 is 0. The molecule has 158 valence electrons. The van der Waals surface area contributed by atoms with Gasteiger partial charge in [-0.1, -0.05) is 48.6 Å². The number of piperidine rings is 2. The molecule has 0 saturated carbocycles. The standard InChI is InChI=1S/C26H33N3O/c1-27(2)24-14-6-12-22(19-24)26(30)29-17-8-13-23-20-28(18-15-25(23)29)16-7-11-21-9-4-3-5-10-21/h3-7,9-12,14,19,23,25H,8,13,15-18,20H2,1-2H3/b11-7+/t23-,25-/m1/s1. The lowest BCUT2D eigenvalue weighted by Gasteiger charge is -2.47. The highest BCUT2D eigenvalue weighted by Crippen LogP contribution is 2.32. The van der Waals surface area contributed by atoms with E-state index < -0.39 is 0 Å². The largest absolute Gasteiger partial charge is 0.378 e. The molecule has 2 heterocycles. The molecule has 2 atom stereocenters. The smallest absolute Gasteiger partial charge is 0.254 e. The van der Waals surface area contributed by atoms with Crippen molar-refractivity contribution < 1.29 is 4.79 Å².